The number of methoxy groups -OCH3 is 1. The second-order valence-electron chi connectivity index (χ2n) is 7.25. The van der Waals surface area contributed by atoms with Crippen LogP contribution in [0.2, 0.25) is 0 Å². The quantitative estimate of drug-likeness (QED) is 0.276. The lowest BCUT2D eigenvalue weighted by Crippen LogP contribution is -2.36. The summed E-state index contributed by atoms with van der Waals surface area (Å²) in [5.41, 5.74) is 3.24. The van der Waals surface area contributed by atoms with E-state index in [1.807, 2.05) is 12.1 Å². The molecule has 0 bridgehead atoms. The summed E-state index contributed by atoms with van der Waals surface area (Å²) in [6.45, 7) is 2.71. The number of fused-ring (bicyclic) bond motifs is 1. The van der Waals surface area contributed by atoms with Crippen molar-refractivity contribution in [2.75, 3.05) is 43.6 Å². The SMILES string of the molecule is COc1ccc(-c2nc(N3CCOCC3)c3sc(Nc4ncc(C(=O)NO)cn4)cc3n2)cn1. The first-order valence-electron chi connectivity index (χ1n) is 10.3. The molecular weight excluding hydrogens is 460 g/mol. The molecule has 1 fully saturated rings. The summed E-state index contributed by atoms with van der Waals surface area (Å²) in [6.07, 6.45) is 4.33. The standard InChI is InChI=1S/C21H20N8O4S/c1-32-15-3-2-12(9-22-15)18-25-14-8-16(26-21-23-10-13(11-24-21)20(30)28-31)34-17(14)19(27-18)29-4-6-33-7-5-29/h2-3,8-11,31H,4-7H2,1H3,(H,28,30)(H,23,24,26). The Morgan fingerprint density at radius 1 is 1.15 bits per heavy atom. The average molecular weight is 481 g/mol. The third-order valence-electron chi connectivity index (χ3n) is 5.12. The van der Waals surface area contributed by atoms with Gasteiger partial charge in [-0.25, -0.2) is 30.4 Å². The Balaban J connectivity index is 1.51. The zero-order valence-electron chi connectivity index (χ0n) is 18.1. The molecule has 34 heavy (non-hydrogen) atoms. The van der Waals surface area contributed by atoms with E-state index in [2.05, 4.69) is 25.2 Å². The molecule has 1 amide bonds. The maximum Gasteiger partial charge on any atom is 0.277 e. The molecule has 1 aliphatic heterocycles. The first-order chi connectivity index (χ1) is 16.6. The monoisotopic (exact) mass is 480 g/mol. The van der Waals surface area contributed by atoms with Gasteiger partial charge < -0.3 is 19.7 Å². The first-order valence-corrected chi connectivity index (χ1v) is 11.1. The summed E-state index contributed by atoms with van der Waals surface area (Å²) in [5, 5.41) is 12.6. The molecule has 0 aliphatic carbocycles. The summed E-state index contributed by atoms with van der Waals surface area (Å²) in [4.78, 5) is 35.8. The van der Waals surface area contributed by atoms with Crippen LogP contribution in [0.4, 0.5) is 16.8 Å². The highest BCUT2D eigenvalue weighted by atomic mass is 32.1. The number of pyridine rings is 1. The number of hydroxylamine groups is 1. The molecule has 0 unspecified atom stereocenters. The van der Waals surface area contributed by atoms with E-state index in [4.69, 9.17) is 24.6 Å². The number of amides is 1. The van der Waals surface area contributed by atoms with Crippen molar-refractivity contribution in [3.8, 4) is 17.3 Å². The van der Waals surface area contributed by atoms with Gasteiger partial charge in [0.15, 0.2) is 11.6 Å². The highest BCUT2D eigenvalue weighted by molar-refractivity contribution is 7.23. The summed E-state index contributed by atoms with van der Waals surface area (Å²) in [6, 6.07) is 5.55. The number of carbonyl (C=O) groups excluding carboxylic acids is 1. The number of carbonyl (C=O) groups is 1. The fraction of sp³-hybridized carbons (Fsp3) is 0.238. The predicted molar refractivity (Wildman–Crippen MR) is 125 cm³/mol. The van der Waals surface area contributed by atoms with Gasteiger partial charge in [0.05, 0.1) is 41.1 Å². The van der Waals surface area contributed by atoms with Crippen molar-refractivity contribution < 1.29 is 19.5 Å². The number of nitrogens with zero attached hydrogens (tertiary/aromatic N) is 6. The minimum atomic E-state index is -0.681. The zero-order valence-corrected chi connectivity index (χ0v) is 18.9. The maximum absolute atomic E-state index is 11.5. The van der Waals surface area contributed by atoms with Crippen molar-refractivity contribution in [2.45, 2.75) is 0 Å². The van der Waals surface area contributed by atoms with E-state index in [0.717, 1.165) is 39.7 Å². The Morgan fingerprint density at radius 3 is 2.62 bits per heavy atom. The Morgan fingerprint density at radius 2 is 1.94 bits per heavy atom. The number of hydrogen-bond acceptors (Lipinski definition) is 12. The van der Waals surface area contributed by atoms with E-state index >= 15 is 0 Å². The predicted octanol–water partition coefficient (Wildman–Crippen LogP) is 2.25. The molecule has 0 atom stereocenters. The van der Waals surface area contributed by atoms with Crippen LogP contribution in [-0.2, 0) is 4.74 Å². The summed E-state index contributed by atoms with van der Waals surface area (Å²) >= 11 is 1.48. The molecule has 174 valence electrons. The lowest BCUT2D eigenvalue weighted by atomic mass is 10.2. The molecule has 13 heteroatoms. The molecule has 1 aliphatic rings. The van der Waals surface area contributed by atoms with E-state index in [-0.39, 0.29) is 5.56 Å². The van der Waals surface area contributed by atoms with Crippen LogP contribution in [0.5, 0.6) is 5.88 Å². The van der Waals surface area contributed by atoms with Gasteiger partial charge in [-0.2, -0.15) is 0 Å². The first kappa shape index (κ1) is 21.9. The van der Waals surface area contributed by atoms with Gasteiger partial charge in [0.1, 0.15) is 0 Å². The topological polar surface area (TPSA) is 148 Å². The molecule has 3 N–H and O–H groups in total. The highest BCUT2D eigenvalue weighted by Crippen LogP contribution is 2.37. The van der Waals surface area contributed by atoms with Crippen LogP contribution in [0.3, 0.4) is 0 Å². The Kier molecular flexibility index (Phi) is 6.12. The van der Waals surface area contributed by atoms with E-state index in [9.17, 15) is 4.79 Å². The molecule has 5 rings (SSSR count). The third kappa shape index (κ3) is 4.44. The average Bonchev–Trinajstić information content (AvgIpc) is 3.31. The van der Waals surface area contributed by atoms with Gasteiger partial charge in [0, 0.05) is 43.3 Å². The van der Waals surface area contributed by atoms with Gasteiger partial charge in [-0.1, -0.05) is 0 Å². The smallest absolute Gasteiger partial charge is 0.277 e. The van der Waals surface area contributed by atoms with Crippen molar-refractivity contribution in [3.05, 3.63) is 42.4 Å². The number of ether oxygens (including phenoxy) is 2. The van der Waals surface area contributed by atoms with E-state index in [1.54, 1.807) is 24.9 Å². The molecule has 0 saturated carbocycles. The molecule has 0 radical (unpaired) electrons. The lowest BCUT2D eigenvalue weighted by molar-refractivity contribution is 0.0705. The van der Waals surface area contributed by atoms with Crippen LogP contribution >= 0.6 is 11.3 Å². The number of nitrogens with one attached hydrogen (secondary N) is 2. The molecule has 0 aromatic carbocycles. The minimum absolute atomic E-state index is 0.141. The number of morpholine rings is 1. The largest absolute Gasteiger partial charge is 0.481 e. The lowest BCUT2D eigenvalue weighted by Gasteiger charge is -2.28. The van der Waals surface area contributed by atoms with Gasteiger partial charge in [-0.3, -0.25) is 10.0 Å². The Bertz CT molecular complexity index is 1310. The number of aromatic nitrogens is 5. The second-order valence-corrected chi connectivity index (χ2v) is 8.30. The Hall–Kier alpha value is -3.94. The number of hydrogen-bond donors (Lipinski definition) is 3. The van der Waals surface area contributed by atoms with Crippen LogP contribution in [0, 0.1) is 0 Å². The molecule has 0 spiro atoms. The number of anilines is 3. The van der Waals surface area contributed by atoms with Gasteiger partial charge >= 0.3 is 0 Å². The summed E-state index contributed by atoms with van der Waals surface area (Å²) in [7, 11) is 1.57. The zero-order chi connectivity index (χ0) is 23.5. The molecule has 1 saturated heterocycles. The van der Waals surface area contributed by atoms with Crippen LogP contribution in [0.25, 0.3) is 21.6 Å². The molecule has 5 heterocycles. The minimum Gasteiger partial charge on any atom is -0.481 e. The maximum atomic E-state index is 11.5. The van der Waals surface area contributed by atoms with Crippen molar-refractivity contribution in [3.63, 3.8) is 0 Å². The van der Waals surface area contributed by atoms with Gasteiger partial charge in [0.2, 0.25) is 11.8 Å². The third-order valence-corrected chi connectivity index (χ3v) is 6.15. The Labute approximate surface area is 197 Å². The number of rotatable bonds is 6. The van der Waals surface area contributed by atoms with Crippen LogP contribution in [0.1, 0.15) is 10.4 Å². The number of thiophene rings is 1. The van der Waals surface area contributed by atoms with E-state index in [0.29, 0.717) is 30.9 Å². The van der Waals surface area contributed by atoms with Crippen molar-refractivity contribution >= 4 is 44.2 Å². The van der Waals surface area contributed by atoms with Crippen LogP contribution in [-0.4, -0.2) is 69.4 Å². The summed E-state index contributed by atoms with van der Waals surface area (Å²) < 4.78 is 11.6. The normalized spacial score (nSPS) is 13.6. The van der Waals surface area contributed by atoms with Gasteiger partial charge in [-0.15, -0.1) is 11.3 Å². The molecule has 4 aromatic rings. The van der Waals surface area contributed by atoms with E-state index in [1.165, 1.54) is 23.7 Å². The van der Waals surface area contributed by atoms with E-state index < -0.39 is 5.91 Å². The molecular formula is C21H20N8O4S. The van der Waals surface area contributed by atoms with Crippen molar-refractivity contribution in [1.82, 2.24) is 30.4 Å². The van der Waals surface area contributed by atoms with Gasteiger partial charge in [0.25, 0.3) is 5.91 Å². The fourth-order valence-electron chi connectivity index (χ4n) is 3.41. The fourth-order valence-corrected chi connectivity index (χ4v) is 4.42. The van der Waals surface area contributed by atoms with Gasteiger partial charge in [-0.05, 0) is 12.1 Å². The van der Waals surface area contributed by atoms with Crippen LogP contribution < -0.4 is 20.4 Å². The molecule has 4 aromatic heterocycles. The van der Waals surface area contributed by atoms with Crippen LogP contribution in [0.15, 0.2) is 36.8 Å². The van der Waals surface area contributed by atoms with Crippen molar-refractivity contribution in [2.24, 2.45) is 0 Å². The van der Waals surface area contributed by atoms with Crippen molar-refractivity contribution in [1.29, 1.82) is 0 Å². The highest BCUT2D eigenvalue weighted by Gasteiger charge is 2.20. The second kappa shape index (κ2) is 9.51. The molecule has 12 nitrogen and oxygen atoms in total. The summed E-state index contributed by atoms with van der Waals surface area (Å²) in [5.74, 6) is 1.53.